The van der Waals surface area contributed by atoms with Crippen molar-refractivity contribution in [1.29, 1.82) is 0 Å². The van der Waals surface area contributed by atoms with E-state index >= 15 is 0 Å². The van der Waals surface area contributed by atoms with E-state index in [4.69, 9.17) is 0 Å². The highest BCUT2D eigenvalue weighted by molar-refractivity contribution is 7.88. The van der Waals surface area contributed by atoms with Crippen LogP contribution in [0.4, 0.5) is 5.69 Å². The average Bonchev–Trinajstić information content (AvgIpc) is 2.70. The van der Waals surface area contributed by atoms with E-state index in [0.717, 1.165) is 24.9 Å². The van der Waals surface area contributed by atoms with E-state index in [9.17, 15) is 13.2 Å². The van der Waals surface area contributed by atoms with Crippen molar-refractivity contribution in [3.8, 4) is 0 Å². The van der Waals surface area contributed by atoms with Gasteiger partial charge in [-0.2, -0.15) is 4.31 Å². The molecule has 156 valence electrons. The molecule has 1 aliphatic heterocycles. The summed E-state index contributed by atoms with van der Waals surface area (Å²) in [7, 11) is -3.49. The highest BCUT2D eigenvalue weighted by atomic mass is 32.2. The summed E-state index contributed by atoms with van der Waals surface area (Å²) in [5.41, 5.74) is 4.59. The van der Waals surface area contributed by atoms with Gasteiger partial charge in [-0.3, -0.25) is 4.79 Å². The first kappa shape index (κ1) is 21.3. The van der Waals surface area contributed by atoms with Crippen LogP contribution in [0, 0.1) is 13.8 Å². The third kappa shape index (κ3) is 5.36. The van der Waals surface area contributed by atoms with Crippen LogP contribution < -0.4 is 4.90 Å². The van der Waals surface area contributed by atoms with Gasteiger partial charge in [0.25, 0.3) is 0 Å². The van der Waals surface area contributed by atoms with Crippen LogP contribution in [0.2, 0.25) is 0 Å². The summed E-state index contributed by atoms with van der Waals surface area (Å²) in [6.07, 6.45) is 1.15. The van der Waals surface area contributed by atoms with Crippen LogP contribution in [0.25, 0.3) is 0 Å². The van der Waals surface area contributed by atoms with Gasteiger partial charge in [-0.15, -0.1) is 0 Å². The minimum Gasteiger partial charge on any atom is -0.368 e. The van der Waals surface area contributed by atoms with Crippen LogP contribution in [0.3, 0.4) is 0 Å². The van der Waals surface area contributed by atoms with Gasteiger partial charge in [-0.1, -0.05) is 42.5 Å². The zero-order chi connectivity index (χ0) is 21.0. The van der Waals surface area contributed by atoms with E-state index in [1.165, 1.54) is 21.1 Å². The normalized spacial score (nSPS) is 15.0. The molecule has 0 saturated carbocycles. The van der Waals surface area contributed by atoms with Crippen molar-refractivity contribution in [2.24, 2.45) is 0 Å². The highest BCUT2D eigenvalue weighted by Gasteiger charge is 2.26. The summed E-state index contributed by atoms with van der Waals surface area (Å²) in [5.74, 6) is -0.146. The summed E-state index contributed by atoms with van der Waals surface area (Å²) in [5, 5.41) is 0. The Morgan fingerprint density at radius 3 is 2.24 bits per heavy atom. The van der Waals surface area contributed by atoms with Crippen molar-refractivity contribution in [2.75, 3.05) is 43.9 Å². The van der Waals surface area contributed by atoms with Crippen LogP contribution in [0.5, 0.6) is 0 Å². The number of rotatable bonds is 6. The lowest BCUT2D eigenvalue weighted by Gasteiger charge is -2.37. The smallest absolute Gasteiger partial charge is 0.238 e. The molecule has 0 atom stereocenters. The Kier molecular flexibility index (Phi) is 6.59. The summed E-state index contributed by atoms with van der Waals surface area (Å²) in [6, 6.07) is 15.6. The van der Waals surface area contributed by atoms with Crippen LogP contribution >= 0.6 is 0 Å². The van der Waals surface area contributed by atoms with Crippen LogP contribution in [0.15, 0.2) is 48.5 Å². The second-order valence-corrected chi connectivity index (χ2v) is 9.59. The molecule has 0 bridgehead atoms. The van der Waals surface area contributed by atoms with E-state index in [-0.39, 0.29) is 19.0 Å². The minimum absolute atomic E-state index is 0.128. The molecule has 1 saturated heterocycles. The standard InChI is InChI=1S/C22H29N3O3S/c1-18-8-7-11-21(19(18)2)23-12-14-24(15-13-23)22(26)17-25(29(3,27)28)16-20-9-5-4-6-10-20/h4-11H,12-17H2,1-3H3. The van der Waals surface area contributed by atoms with Gasteiger partial charge in [0.05, 0.1) is 12.8 Å². The molecule has 0 spiro atoms. The first-order chi connectivity index (χ1) is 13.8. The average molecular weight is 416 g/mol. The quantitative estimate of drug-likeness (QED) is 0.727. The summed E-state index contributed by atoms with van der Waals surface area (Å²) in [4.78, 5) is 16.9. The Bertz CT molecular complexity index is 953. The van der Waals surface area contributed by atoms with Crippen molar-refractivity contribution in [3.63, 3.8) is 0 Å². The lowest BCUT2D eigenvalue weighted by Crippen LogP contribution is -2.51. The molecule has 6 nitrogen and oxygen atoms in total. The largest absolute Gasteiger partial charge is 0.368 e. The molecule has 0 aliphatic carbocycles. The van der Waals surface area contributed by atoms with Gasteiger partial charge in [0.15, 0.2) is 0 Å². The summed E-state index contributed by atoms with van der Waals surface area (Å²) >= 11 is 0. The third-order valence-electron chi connectivity index (χ3n) is 5.53. The zero-order valence-corrected chi connectivity index (χ0v) is 18.2. The number of hydrogen-bond donors (Lipinski definition) is 0. The number of aryl methyl sites for hydroxylation is 1. The van der Waals surface area contributed by atoms with Crippen molar-refractivity contribution in [3.05, 3.63) is 65.2 Å². The van der Waals surface area contributed by atoms with E-state index < -0.39 is 10.0 Å². The van der Waals surface area contributed by atoms with Crippen molar-refractivity contribution < 1.29 is 13.2 Å². The molecule has 2 aromatic rings. The summed E-state index contributed by atoms with van der Waals surface area (Å²) < 4.78 is 25.7. The fraction of sp³-hybridized carbons (Fsp3) is 0.409. The first-order valence-electron chi connectivity index (χ1n) is 9.83. The van der Waals surface area contributed by atoms with Crippen molar-refractivity contribution in [2.45, 2.75) is 20.4 Å². The molecule has 1 heterocycles. The Morgan fingerprint density at radius 2 is 1.62 bits per heavy atom. The molecule has 1 amide bonds. The van der Waals surface area contributed by atoms with Crippen LogP contribution in [0.1, 0.15) is 16.7 Å². The molecular formula is C22H29N3O3S. The molecule has 0 aromatic heterocycles. The molecule has 2 aromatic carbocycles. The molecular weight excluding hydrogens is 386 g/mol. The minimum atomic E-state index is -3.49. The monoisotopic (exact) mass is 415 g/mol. The fourth-order valence-electron chi connectivity index (χ4n) is 3.60. The maximum atomic E-state index is 12.8. The molecule has 1 aliphatic rings. The molecule has 7 heteroatoms. The van der Waals surface area contributed by atoms with Gasteiger partial charge in [-0.25, -0.2) is 8.42 Å². The molecule has 0 N–H and O–H groups in total. The first-order valence-corrected chi connectivity index (χ1v) is 11.7. The van der Waals surface area contributed by atoms with Gasteiger partial charge in [0, 0.05) is 38.4 Å². The fourth-order valence-corrected chi connectivity index (χ4v) is 4.33. The number of piperazine rings is 1. The number of hydrogen-bond acceptors (Lipinski definition) is 4. The lowest BCUT2D eigenvalue weighted by molar-refractivity contribution is -0.131. The van der Waals surface area contributed by atoms with Crippen molar-refractivity contribution >= 4 is 21.6 Å². The second-order valence-electron chi connectivity index (χ2n) is 7.60. The van der Waals surface area contributed by atoms with Crippen LogP contribution in [-0.2, 0) is 21.4 Å². The van der Waals surface area contributed by atoms with Gasteiger partial charge in [0.1, 0.15) is 0 Å². The molecule has 0 unspecified atom stereocenters. The number of nitrogens with zero attached hydrogens (tertiary/aromatic N) is 3. The van der Waals surface area contributed by atoms with E-state index in [1.54, 1.807) is 4.90 Å². The molecule has 0 radical (unpaired) electrons. The number of anilines is 1. The number of benzene rings is 2. The number of sulfonamides is 1. The number of carbonyl (C=O) groups excluding carboxylic acids is 1. The Balaban J connectivity index is 1.62. The maximum absolute atomic E-state index is 12.8. The van der Waals surface area contributed by atoms with Gasteiger partial charge in [-0.05, 0) is 36.6 Å². The second kappa shape index (κ2) is 8.97. The highest BCUT2D eigenvalue weighted by Crippen LogP contribution is 2.24. The predicted octanol–water partition coefficient (Wildman–Crippen LogP) is 2.41. The molecule has 3 rings (SSSR count). The zero-order valence-electron chi connectivity index (χ0n) is 17.3. The Hall–Kier alpha value is -2.38. The van der Waals surface area contributed by atoms with Gasteiger partial charge >= 0.3 is 0 Å². The van der Waals surface area contributed by atoms with E-state index in [0.29, 0.717) is 13.1 Å². The summed E-state index contributed by atoms with van der Waals surface area (Å²) in [6.45, 7) is 6.97. The third-order valence-corrected chi connectivity index (χ3v) is 6.73. The Morgan fingerprint density at radius 1 is 0.966 bits per heavy atom. The van der Waals surface area contributed by atoms with Crippen molar-refractivity contribution in [1.82, 2.24) is 9.21 Å². The lowest BCUT2D eigenvalue weighted by atomic mass is 10.1. The maximum Gasteiger partial charge on any atom is 0.238 e. The number of amides is 1. The van der Waals surface area contributed by atoms with E-state index in [2.05, 4.69) is 36.9 Å². The van der Waals surface area contributed by atoms with Crippen LogP contribution in [-0.4, -0.2) is 62.5 Å². The topological polar surface area (TPSA) is 60.9 Å². The van der Waals surface area contributed by atoms with Gasteiger partial charge in [0.2, 0.25) is 15.9 Å². The van der Waals surface area contributed by atoms with Gasteiger partial charge < -0.3 is 9.80 Å². The number of carbonyl (C=O) groups is 1. The molecule has 1 fully saturated rings. The SMILES string of the molecule is Cc1cccc(N2CCN(C(=O)CN(Cc3ccccc3)S(C)(=O)=O)CC2)c1C. The Labute approximate surface area is 173 Å². The van der Waals surface area contributed by atoms with E-state index in [1.807, 2.05) is 30.3 Å². The molecule has 29 heavy (non-hydrogen) atoms. The predicted molar refractivity (Wildman–Crippen MR) is 116 cm³/mol.